The first-order valence-electron chi connectivity index (χ1n) is 4.93. The van der Waals surface area contributed by atoms with Crippen LogP contribution in [0.1, 0.15) is 19.8 Å². The van der Waals surface area contributed by atoms with Crippen LogP contribution in [0.25, 0.3) is 0 Å². The molecule has 2 atom stereocenters. The molecule has 0 amide bonds. The molecule has 84 valence electrons. The van der Waals surface area contributed by atoms with Crippen molar-refractivity contribution in [3.63, 3.8) is 0 Å². The van der Waals surface area contributed by atoms with Gasteiger partial charge in [0.25, 0.3) is 0 Å². The number of rotatable bonds is 6. The minimum Gasteiger partial charge on any atom is -0.395 e. The lowest BCUT2D eigenvalue weighted by Crippen LogP contribution is -2.54. The summed E-state index contributed by atoms with van der Waals surface area (Å²) in [6, 6.07) is 0. The molecule has 1 aliphatic rings. The van der Waals surface area contributed by atoms with Crippen molar-refractivity contribution in [3.05, 3.63) is 0 Å². The molecule has 0 saturated carbocycles. The maximum atomic E-state index is 5.63. The lowest BCUT2D eigenvalue weighted by atomic mass is 10.2. The molecule has 0 spiro atoms. The van der Waals surface area contributed by atoms with Gasteiger partial charge in [0.2, 0.25) is 5.41 Å². The molecule has 0 aliphatic carbocycles. The summed E-state index contributed by atoms with van der Waals surface area (Å²) >= 11 is 0. The van der Waals surface area contributed by atoms with Crippen LogP contribution in [0.4, 0.5) is 0 Å². The van der Waals surface area contributed by atoms with E-state index >= 15 is 0 Å². The van der Waals surface area contributed by atoms with Gasteiger partial charge in [-0.2, -0.15) is 0 Å². The molecule has 0 aromatic carbocycles. The SMILES string of the molecule is CCCC1OC1(OC)[Si](C)(OC)OC. The lowest BCUT2D eigenvalue weighted by molar-refractivity contribution is 0.00829. The summed E-state index contributed by atoms with van der Waals surface area (Å²) in [5.74, 6) is 0. The predicted molar refractivity (Wildman–Crippen MR) is 55.2 cm³/mol. The molecule has 1 fully saturated rings. The van der Waals surface area contributed by atoms with Crippen LogP contribution in [0.3, 0.4) is 0 Å². The van der Waals surface area contributed by atoms with Crippen LogP contribution in [0.15, 0.2) is 0 Å². The Morgan fingerprint density at radius 2 is 1.86 bits per heavy atom. The molecule has 4 nitrogen and oxygen atoms in total. The van der Waals surface area contributed by atoms with E-state index in [-0.39, 0.29) is 6.10 Å². The van der Waals surface area contributed by atoms with E-state index in [0.29, 0.717) is 0 Å². The molecule has 0 radical (unpaired) electrons. The molecular formula is C9H20O4Si. The summed E-state index contributed by atoms with van der Waals surface area (Å²) in [5.41, 5.74) is -0.591. The third kappa shape index (κ3) is 1.63. The smallest absolute Gasteiger partial charge is 0.395 e. The summed E-state index contributed by atoms with van der Waals surface area (Å²) in [4.78, 5) is 0. The molecular weight excluding hydrogens is 200 g/mol. The molecule has 1 saturated heterocycles. The van der Waals surface area contributed by atoms with Crippen molar-refractivity contribution in [3.8, 4) is 0 Å². The summed E-state index contributed by atoms with van der Waals surface area (Å²) < 4.78 is 22.0. The number of methoxy groups -OCH3 is 1. The van der Waals surface area contributed by atoms with E-state index in [2.05, 4.69) is 6.92 Å². The fraction of sp³-hybridized carbons (Fsp3) is 1.00. The molecule has 2 unspecified atom stereocenters. The third-order valence-corrected chi connectivity index (χ3v) is 6.42. The molecule has 1 aliphatic heterocycles. The van der Waals surface area contributed by atoms with Crippen LogP contribution in [-0.2, 0) is 18.3 Å². The highest BCUT2D eigenvalue weighted by Crippen LogP contribution is 2.47. The second-order valence-electron chi connectivity index (χ2n) is 3.62. The fourth-order valence-electron chi connectivity index (χ4n) is 1.82. The number of ether oxygens (including phenoxy) is 2. The normalized spacial score (nSPS) is 31.9. The van der Waals surface area contributed by atoms with Crippen molar-refractivity contribution < 1.29 is 18.3 Å². The van der Waals surface area contributed by atoms with Gasteiger partial charge >= 0.3 is 8.56 Å². The summed E-state index contributed by atoms with van der Waals surface area (Å²) in [6.07, 6.45) is 2.20. The Labute approximate surface area is 86.7 Å². The molecule has 0 aromatic rings. The highest BCUT2D eigenvalue weighted by atomic mass is 28.4. The zero-order valence-corrected chi connectivity index (χ0v) is 10.6. The largest absolute Gasteiger partial charge is 0.399 e. The summed E-state index contributed by atoms with van der Waals surface area (Å²) in [5, 5.41) is 0. The Balaban J connectivity index is 2.72. The zero-order chi connectivity index (χ0) is 10.8. The topological polar surface area (TPSA) is 40.2 Å². The number of hydrogen-bond donors (Lipinski definition) is 0. The standard InChI is InChI=1S/C9H20O4Si/c1-6-7-8-9(10-2,13-8)14(5,11-3)12-4/h8H,6-7H2,1-5H3. The lowest BCUT2D eigenvalue weighted by Gasteiger charge is -2.28. The maximum Gasteiger partial charge on any atom is 0.399 e. The van der Waals surface area contributed by atoms with Crippen molar-refractivity contribution in [2.45, 2.75) is 37.8 Å². The minimum absolute atomic E-state index is 0.133. The van der Waals surface area contributed by atoms with E-state index in [1.807, 2.05) is 6.55 Å². The van der Waals surface area contributed by atoms with Crippen molar-refractivity contribution in [2.75, 3.05) is 21.3 Å². The quantitative estimate of drug-likeness (QED) is 0.501. The molecule has 1 heterocycles. The Bertz CT molecular complexity index is 195. The summed E-state index contributed by atoms with van der Waals surface area (Å²) in [7, 11) is 2.60. The van der Waals surface area contributed by atoms with Gasteiger partial charge in [-0.05, 0) is 13.0 Å². The van der Waals surface area contributed by atoms with Crippen molar-refractivity contribution in [2.24, 2.45) is 0 Å². The number of epoxide rings is 1. The first kappa shape index (κ1) is 12.1. The van der Waals surface area contributed by atoms with Gasteiger partial charge in [0.1, 0.15) is 6.10 Å². The third-order valence-electron chi connectivity index (χ3n) is 2.95. The van der Waals surface area contributed by atoms with E-state index in [4.69, 9.17) is 18.3 Å². The van der Waals surface area contributed by atoms with Gasteiger partial charge < -0.3 is 18.3 Å². The van der Waals surface area contributed by atoms with Gasteiger partial charge in [0.15, 0.2) is 0 Å². The number of hydrogen-bond acceptors (Lipinski definition) is 4. The predicted octanol–water partition coefficient (Wildman–Crippen LogP) is 1.43. The van der Waals surface area contributed by atoms with Gasteiger partial charge in [-0.15, -0.1) is 0 Å². The van der Waals surface area contributed by atoms with Gasteiger partial charge in [-0.25, -0.2) is 0 Å². The van der Waals surface area contributed by atoms with Crippen LogP contribution in [-0.4, -0.2) is 41.4 Å². The van der Waals surface area contributed by atoms with Crippen LogP contribution < -0.4 is 0 Å². The van der Waals surface area contributed by atoms with Gasteiger partial charge in [0.05, 0.1) is 0 Å². The minimum atomic E-state index is -2.36. The Kier molecular flexibility index (Phi) is 3.71. The fourth-order valence-corrected chi connectivity index (χ4v) is 4.01. The monoisotopic (exact) mass is 220 g/mol. The first-order chi connectivity index (χ1) is 6.60. The van der Waals surface area contributed by atoms with E-state index in [1.54, 1.807) is 21.3 Å². The molecule has 0 N–H and O–H groups in total. The van der Waals surface area contributed by atoms with E-state index in [1.165, 1.54) is 0 Å². The van der Waals surface area contributed by atoms with Crippen LogP contribution in [0.5, 0.6) is 0 Å². The second-order valence-corrected chi connectivity index (χ2v) is 7.03. The molecule has 0 bridgehead atoms. The average Bonchev–Trinajstić information content (AvgIpc) is 2.93. The highest BCUT2D eigenvalue weighted by Gasteiger charge is 2.72. The molecule has 5 heteroatoms. The first-order valence-corrected chi connectivity index (χ1v) is 7.25. The van der Waals surface area contributed by atoms with Crippen LogP contribution in [0.2, 0.25) is 6.55 Å². The average molecular weight is 220 g/mol. The van der Waals surface area contributed by atoms with Crippen molar-refractivity contribution >= 4 is 8.56 Å². The van der Waals surface area contributed by atoms with E-state index < -0.39 is 14.0 Å². The van der Waals surface area contributed by atoms with Gasteiger partial charge in [-0.1, -0.05) is 13.3 Å². The molecule has 1 rings (SSSR count). The highest BCUT2D eigenvalue weighted by molar-refractivity contribution is 6.69. The van der Waals surface area contributed by atoms with E-state index in [0.717, 1.165) is 12.8 Å². The Morgan fingerprint density at radius 3 is 2.21 bits per heavy atom. The molecule has 14 heavy (non-hydrogen) atoms. The Morgan fingerprint density at radius 1 is 1.29 bits per heavy atom. The Hall–Kier alpha value is 0.0569. The zero-order valence-electron chi connectivity index (χ0n) is 9.62. The van der Waals surface area contributed by atoms with Crippen LogP contribution in [0, 0.1) is 0 Å². The summed E-state index contributed by atoms with van der Waals surface area (Å²) in [6.45, 7) is 4.09. The van der Waals surface area contributed by atoms with Crippen molar-refractivity contribution in [1.29, 1.82) is 0 Å². The molecule has 0 aromatic heterocycles. The maximum absolute atomic E-state index is 5.63. The van der Waals surface area contributed by atoms with Crippen molar-refractivity contribution in [1.82, 2.24) is 0 Å². The van der Waals surface area contributed by atoms with Gasteiger partial charge in [-0.3, -0.25) is 0 Å². The van der Waals surface area contributed by atoms with E-state index in [9.17, 15) is 0 Å². The second kappa shape index (κ2) is 4.28. The van der Waals surface area contributed by atoms with Gasteiger partial charge in [0, 0.05) is 21.3 Å². The van der Waals surface area contributed by atoms with Crippen LogP contribution >= 0.6 is 0 Å².